The zero-order valence-corrected chi connectivity index (χ0v) is 35.1. The molecule has 8 heteroatoms. The number of hydrogen-bond donors (Lipinski definition) is 1. The van der Waals surface area contributed by atoms with Crippen LogP contribution in [0.1, 0.15) is 214 Å². The van der Waals surface area contributed by atoms with Gasteiger partial charge in [-0.15, -0.1) is 0 Å². The summed E-state index contributed by atoms with van der Waals surface area (Å²) >= 11 is 0. The van der Waals surface area contributed by atoms with Crippen molar-refractivity contribution in [2.24, 2.45) is 0 Å². The summed E-state index contributed by atoms with van der Waals surface area (Å²) in [7, 11) is 1.54. The zero-order valence-electron chi connectivity index (χ0n) is 35.1. The lowest BCUT2D eigenvalue weighted by atomic mass is 10.0. The van der Waals surface area contributed by atoms with Gasteiger partial charge >= 0.3 is 11.9 Å². The second-order valence-corrected chi connectivity index (χ2v) is 15.2. The van der Waals surface area contributed by atoms with Crippen LogP contribution in [0.4, 0.5) is 0 Å². The summed E-state index contributed by atoms with van der Waals surface area (Å²) in [4.78, 5) is 39.3. The van der Waals surface area contributed by atoms with Gasteiger partial charge in [0, 0.05) is 26.5 Å². The number of nitrogens with zero attached hydrogens (tertiary/aromatic N) is 1. The minimum atomic E-state index is -0.0616. The molecule has 0 aliphatic carbocycles. The Bertz CT molecular complexity index is 810. The number of hydrogen-bond acceptors (Lipinski definition) is 7. The molecule has 0 saturated heterocycles. The van der Waals surface area contributed by atoms with Gasteiger partial charge in [-0.3, -0.25) is 14.4 Å². The van der Waals surface area contributed by atoms with Crippen molar-refractivity contribution in [2.45, 2.75) is 226 Å². The summed E-state index contributed by atoms with van der Waals surface area (Å²) in [6, 6.07) is 0. The standard InChI is InChI=1S/C44H86N2O6/c1-6-10-13-17-24-30-40(9-4)51-43(48)33-25-18-15-20-27-36-46(38-29-35-45-42(47)39-50-5)37-28-21-16-19-26-34-44(49)52-41(31-22-12-8-3)32-23-14-11-7-2/h40-41H,6-39H2,1-5H3,(H,45,47). The first kappa shape index (κ1) is 50.3. The topological polar surface area (TPSA) is 94.2 Å². The minimum Gasteiger partial charge on any atom is -0.462 e. The lowest BCUT2D eigenvalue weighted by molar-refractivity contribution is -0.150. The van der Waals surface area contributed by atoms with Crippen LogP contribution in [0.5, 0.6) is 0 Å². The number of rotatable bonds is 40. The summed E-state index contributed by atoms with van der Waals surface area (Å²) in [5.41, 5.74) is 0. The molecule has 0 bridgehead atoms. The SMILES string of the molecule is CCCCCCCC(CC)OC(=O)CCCCCCCN(CCCCCCCC(=O)OC(CCCCC)CCCCCC)CCCNC(=O)COC. The molecule has 1 amide bonds. The van der Waals surface area contributed by atoms with Crippen LogP contribution in [-0.2, 0) is 28.6 Å². The second-order valence-electron chi connectivity index (χ2n) is 15.2. The Morgan fingerprint density at radius 1 is 0.500 bits per heavy atom. The number of carbonyl (C=O) groups is 3. The van der Waals surface area contributed by atoms with Crippen LogP contribution >= 0.6 is 0 Å². The maximum Gasteiger partial charge on any atom is 0.306 e. The van der Waals surface area contributed by atoms with Crippen LogP contribution in [0.25, 0.3) is 0 Å². The first-order valence-electron chi connectivity index (χ1n) is 22.3. The maximum atomic E-state index is 12.6. The summed E-state index contributed by atoms with van der Waals surface area (Å²) in [5, 5.41) is 2.94. The van der Waals surface area contributed by atoms with Gasteiger partial charge in [0.05, 0.1) is 0 Å². The smallest absolute Gasteiger partial charge is 0.306 e. The highest BCUT2D eigenvalue weighted by atomic mass is 16.5. The van der Waals surface area contributed by atoms with Crippen molar-refractivity contribution in [1.29, 1.82) is 0 Å². The molecule has 0 aromatic heterocycles. The van der Waals surface area contributed by atoms with E-state index in [2.05, 4.69) is 37.9 Å². The molecule has 0 radical (unpaired) electrons. The van der Waals surface area contributed by atoms with Gasteiger partial charge in [-0.2, -0.15) is 0 Å². The Morgan fingerprint density at radius 3 is 1.44 bits per heavy atom. The van der Waals surface area contributed by atoms with Crippen LogP contribution in [0.3, 0.4) is 0 Å². The molecule has 2 atom stereocenters. The maximum absolute atomic E-state index is 12.6. The highest BCUT2D eigenvalue weighted by Gasteiger charge is 2.15. The van der Waals surface area contributed by atoms with E-state index in [0.717, 1.165) is 122 Å². The number of methoxy groups -OCH3 is 1. The summed E-state index contributed by atoms with van der Waals surface area (Å²) < 4.78 is 16.6. The predicted octanol–water partition coefficient (Wildman–Crippen LogP) is 11.3. The molecule has 0 aromatic carbocycles. The Kier molecular flexibility index (Phi) is 37.8. The summed E-state index contributed by atoms with van der Waals surface area (Å²) in [6.07, 6.45) is 31.7. The molecular formula is C44H86N2O6. The highest BCUT2D eigenvalue weighted by Crippen LogP contribution is 2.18. The van der Waals surface area contributed by atoms with Crippen molar-refractivity contribution in [3.05, 3.63) is 0 Å². The zero-order chi connectivity index (χ0) is 38.3. The van der Waals surface area contributed by atoms with Crippen molar-refractivity contribution in [1.82, 2.24) is 10.2 Å². The van der Waals surface area contributed by atoms with Gasteiger partial charge in [0.2, 0.25) is 5.91 Å². The van der Waals surface area contributed by atoms with Gasteiger partial charge in [0.15, 0.2) is 0 Å². The van der Waals surface area contributed by atoms with Gasteiger partial charge in [0.1, 0.15) is 18.8 Å². The normalized spacial score (nSPS) is 12.6. The van der Waals surface area contributed by atoms with E-state index in [1.807, 2.05) is 0 Å². The first-order valence-corrected chi connectivity index (χ1v) is 22.3. The Balaban J connectivity index is 4.35. The third-order valence-corrected chi connectivity index (χ3v) is 10.1. The molecule has 1 N–H and O–H groups in total. The summed E-state index contributed by atoms with van der Waals surface area (Å²) in [6.45, 7) is 12.7. The lowest BCUT2D eigenvalue weighted by Gasteiger charge is -2.22. The van der Waals surface area contributed by atoms with Crippen LogP contribution < -0.4 is 5.32 Å². The van der Waals surface area contributed by atoms with Crippen LogP contribution in [-0.4, -0.2) is 74.8 Å². The van der Waals surface area contributed by atoms with E-state index >= 15 is 0 Å². The molecule has 0 rings (SSSR count). The number of esters is 2. The van der Waals surface area contributed by atoms with Crippen LogP contribution in [0.2, 0.25) is 0 Å². The Labute approximate surface area is 322 Å². The summed E-state index contributed by atoms with van der Waals surface area (Å²) in [5.74, 6) is -0.0912. The number of ether oxygens (including phenoxy) is 3. The minimum absolute atomic E-state index is 0.00526. The van der Waals surface area contributed by atoms with E-state index in [9.17, 15) is 14.4 Å². The first-order chi connectivity index (χ1) is 25.4. The molecule has 0 aromatic rings. The van der Waals surface area contributed by atoms with Crippen molar-refractivity contribution in [3.63, 3.8) is 0 Å². The van der Waals surface area contributed by atoms with E-state index < -0.39 is 0 Å². The van der Waals surface area contributed by atoms with Crippen molar-refractivity contribution < 1.29 is 28.6 Å². The molecular weight excluding hydrogens is 652 g/mol. The Morgan fingerprint density at radius 2 is 0.904 bits per heavy atom. The molecule has 2 unspecified atom stereocenters. The molecule has 308 valence electrons. The average Bonchev–Trinajstić information content (AvgIpc) is 3.13. The van der Waals surface area contributed by atoms with Crippen molar-refractivity contribution in [2.75, 3.05) is 39.9 Å². The largest absolute Gasteiger partial charge is 0.462 e. The third-order valence-electron chi connectivity index (χ3n) is 10.1. The molecule has 0 heterocycles. The molecule has 0 fully saturated rings. The lowest BCUT2D eigenvalue weighted by Crippen LogP contribution is -2.32. The fraction of sp³-hybridized carbons (Fsp3) is 0.932. The number of unbranched alkanes of at least 4 members (excludes halogenated alkanes) is 17. The van der Waals surface area contributed by atoms with Crippen molar-refractivity contribution in [3.8, 4) is 0 Å². The molecule has 0 aliphatic rings. The van der Waals surface area contributed by atoms with Gasteiger partial charge in [-0.1, -0.05) is 124 Å². The molecule has 0 spiro atoms. The van der Waals surface area contributed by atoms with E-state index in [4.69, 9.17) is 14.2 Å². The molecule has 0 aliphatic heterocycles. The van der Waals surface area contributed by atoms with Crippen LogP contribution in [0.15, 0.2) is 0 Å². The fourth-order valence-electron chi connectivity index (χ4n) is 6.81. The van der Waals surface area contributed by atoms with E-state index in [0.29, 0.717) is 19.4 Å². The van der Waals surface area contributed by atoms with Crippen LogP contribution in [0, 0.1) is 0 Å². The quantitative estimate of drug-likeness (QED) is 0.0494. The number of nitrogens with one attached hydrogen (secondary N) is 1. The molecule has 8 nitrogen and oxygen atoms in total. The van der Waals surface area contributed by atoms with Gasteiger partial charge in [0.25, 0.3) is 0 Å². The molecule has 0 saturated carbocycles. The number of amides is 1. The third kappa shape index (κ3) is 34.1. The number of carbonyl (C=O) groups excluding carboxylic acids is 3. The fourth-order valence-corrected chi connectivity index (χ4v) is 6.81. The van der Waals surface area contributed by atoms with Crippen molar-refractivity contribution >= 4 is 17.8 Å². The monoisotopic (exact) mass is 739 g/mol. The Hall–Kier alpha value is -1.67. The van der Waals surface area contributed by atoms with E-state index in [1.165, 1.54) is 70.6 Å². The van der Waals surface area contributed by atoms with Gasteiger partial charge in [-0.25, -0.2) is 0 Å². The molecule has 52 heavy (non-hydrogen) atoms. The van der Waals surface area contributed by atoms with Gasteiger partial charge in [-0.05, 0) is 96.7 Å². The second kappa shape index (κ2) is 39.0. The highest BCUT2D eigenvalue weighted by molar-refractivity contribution is 5.77. The van der Waals surface area contributed by atoms with Gasteiger partial charge < -0.3 is 24.4 Å². The van der Waals surface area contributed by atoms with E-state index in [1.54, 1.807) is 7.11 Å². The average molecular weight is 739 g/mol. The van der Waals surface area contributed by atoms with E-state index in [-0.39, 0.29) is 36.7 Å². The predicted molar refractivity (Wildman–Crippen MR) is 218 cm³/mol.